The van der Waals surface area contributed by atoms with E-state index in [2.05, 4.69) is 5.43 Å². The number of ether oxygens (including phenoxy) is 1. The number of benzene rings is 3. The number of hydrogen-bond donors (Lipinski definition) is 2. The maximum Gasteiger partial charge on any atom is 0.260 e. The molecule has 46 heavy (non-hydrogen) atoms. The predicted molar refractivity (Wildman–Crippen MR) is 166 cm³/mol. The van der Waals surface area contributed by atoms with Gasteiger partial charge in [0.15, 0.2) is 0 Å². The van der Waals surface area contributed by atoms with Gasteiger partial charge < -0.3 is 9.84 Å². The van der Waals surface area contributed by atoms with E-state index in [-0.39, 0.29) is 37.0 Å². The second-order valence-electron chi connectivity index (χ2n) is 12.2. The number of nitrogens with one attached hydrogen (secondary N) is 1. The van der Waals surface area contributed by atoms with Crippen LogP contribution in [0.1, 0.15) is 36.8 Å². The van der Waals surface area contributed by atoms with Gasteiger partial charge in [-0.05, 0) is 85.8 Å². The third-order valence-electron chi connectivity index (χ3n) is 10.2. The number of fused-ring (bicyclic) bond motifs is 4. The fourth-order valence-electron chi connectivity index (χ4n) is 8.27. The Morgan fingerprint density at radius 2 is 1.70 bits per heavy atom. The Bertz CT molecular complexity index is 1810. The van der Waals surface area contributed by atoms with Crippen molar-refractivity contribution in [2.75, 3.05) is 19.1 Å². The van der Waals surface area contributed by atoms with Gasteiger partial charge in [-0.2, -0.15) is 5.01 Å². The van der Waals surface area contributed by atoms with Crippen LogP contribution >= 0.6 is 11.6 Å². The van der Waals surface area contributed by atoms with Crippen molar-refractivity contribution >= 4 is 40.9 Å². The summed E-state index contributed by atoms with van der Waals surface area (Å²) in [6.07, 6.45) is 2.31. The molecule has 2 aliphatic carbocycles. The zero-order valence-electron chi connectivity index (χ0n) is 25.1. The number of nitrogens with zero attached hydrogens (tertiary/aromatic N) is 2. The van der Waals surface area contributed by atoms with Crippen molar-refractivity contribution in [3.05, 3.63) is 100 Å². The molecule has 7 rings (SSSR count). The maximum absolute atomic E-state index is 15.1. The number of allylic oxidation sites excluding steroid dienone is 2. The number of aromatic hydroxyl groups is 1. The molecule has 2 aliphatic heterocycles. The van der Waals surface area contributed by atoms with Crippen molar-refractivity contribution in [3.63, 3.8) is 0 Å². The van der Waals surface area contributed by atoms with Crippen LogP contribution in [0.5, 0.6) is 11.5 Å². The Kier molecular flexibility index (Phi) is 7.15. The van der Waals surface area contributed by atoms with Gasteiger partial charge in [-0.15, -0.1) is 0 Å². The number of rotatable bonds is 6. The van der Waals surface area contributed by atoms with E-state index in [9.17, 15) is 23.9 Å². The Labute approximate surface area is 269 Å². The van der Waals surface area contributed by atoms with Gasteiger partial charge in [-0.3, -0.25) is 29.5 Å². The van der Waals surface area contributed by atoms with Crippen molar-refractivity contribution < 1.29 is 33.4 Å². The summed E-state index contributed by atoms with van der Waals surface area (Å²) in [5, 5.41) is 12.8. The molecule has 3 fully saturated rings. The van der Waals surface area contributed by atoms with Gasteiger partial charge in [0.25, 0.3) is 11.8 Å². The van der Waals surface area contributed by atoms with Crippen molar-refractivity contribution in [2.24, 2.45) is 23.7 Å². The van der Waals surface area contributed by atoms with E-state index in [0.29, 0.717) is 33.2 Å². The largest absolute Gasteiger partial charge is 0.508 e. The van der Waals surface area contributed by atoms with Crippen LogP contribution in [0, 0.1) is 29.5 Å². The van der Waals surface area contributed by atoms with Crippen LogP contribution < -0.4 is 10.2 Å². The summed E-state index contributed by atoms with van der Waals surface area (Å²) < 4.78 is 19.3. The molecule has 6 atom stereocenters. The number of likely N-dealkylation sites (tertiary alicyclic amines) is 1. The Morgan fingerprint density at radius 3 is 2.37 bits per heavy atom. The molecule has 4 amide bonds. The van der Waals surface area contributed by atoms with Gasteiger partial charge in [0.05, 0.1) is 36.0 Å². The number of amides is 4. The lowest BCUT2D eigenvalue weighted by molar-refractivity contribution is -0.141. The number of phenolic OH excluding ortho intramolecular Hbond substituents is 1. The standard InChI is InChI=1S/C35H31ClFN3O6/c1-3-39-31(42)24-14-13-23-25(29(24)33(39)44)17-27-32(43)40(38-21-10-8-20(37)9-11-21)34(45)35(27,18-4-6-19(36)7-5-18)30(23)26-16-22(46-2)12-15-28(26)41/h4-13,15-16,24-25,27,29-30,38,41H,3,14,17H2,1-2H3/t24-,25+,27-,29-,30+,35+/m0/s1. The normalized spacial score (nSPS) is 28.5. The average Bonchev–Trinajstić information content (AvgIpc) is 3.43. The molecule has 2 saturated heterocycles. The lowest BCUT2D eigenvalue weighted by Gasteiger charge is -2.50. The number of hydrogen-bond acceptors (Lipinski definition) is 7. The van der Waals surface area contributed by atoms with E-state index < -0.39 is 52.6 Å². The highest BCUT2D eigenvalue weighted by molar-refractivity contribution is 6.30. The monoisotopic (exact) mass is 643 g/mol. The Balaban J connectivity index is 1.49. The van der Waals surface area contributed by atoms with Crippen molar-refractivity contribution in [2.45, 2.75) is 31.1 Å². The fourth-order valence-corrected chi connectivity index (χ4v) is 8.39. The molecule has 9 nitrogen and oxygen atoms in total. The molecule has 236 valence electrons. The molecule has 0 spiro atoms. The van der Waals surface area contributed by atoms with Gasteiger partial charge in [0, 0.05) is 23.0 Å². The molecule has 2 heterocycles. The molecule has 0 aromatic heterocycles. The lowest BCUT2D eigenvalue weighted by atomic mass is 9.49. The van der Waals surface area contributed by atoms with E-state index >= 15 is 4.79 Å². The first kappa shape index (κ1) is 30.0. The van der Waals surface area contributed by atoms with Gasteiger partial charge in [0.1, 0.15) is 17.3 Å². The minimum atomic E-state index is -1.59. The lowest BCUT2D eigenvalue weighted by Crippen LogP contribution is -2.53. The number of methoxy groups -OCH3 is 1. The number of carbonyl (C=O) groups is 4. The highest BCUT2D eigenvalue weighted by Crippen LogP contribution is 2.65. The van der Waals surface area contributed by atoms with Crippen molar-refractivity contribution in [3.8, 4) is 11.5 Å². The molecular formula is C35H31ClFN3O6. The summed E-state index contributed by atoms with van der Waals surface area (Å²) in [5.74, 6) is -5.61. The van der Waals surface area contributed by atoms with Gasteiger partial charge >= 0.3 is 0 Å². The SMILES string of the molecule is CCN1C(=O)[C@H]2[C@H](CC=C3[C@H]2C[C@H]2C(=O)N(Nc4ccc(F)cc4)C(=O)[C@@]2(c2ccc(Cl)cc2)[C@H]3c2cc(OC)ccc2O)C1=O. The van der Waals surface area contributed by atoms with Crippen LogP contribution in [0.2, 0.25) is 5.02 Å². The smallest absolute Gasteiger partial charge is 0.260 e. The second kappa shape index (κ2) is 11.0. The van der Waals surface area contributed by atoms with Crippen LogP contribution in [0.25, 0.3) is 0 Å². The predicted octanol–water partition coefficient (Wildman–Crippen LogP) is 5.20. The summed E-state index contributed by atoms with van der Waals surface area (Å²) >= 11 is 6.30. The van der Waals surface area contributed by atoms with E-state index in [4.69, 9.17) is 16.3 Å². The summed E-state index contributed by atoms with van der Waals surface area (Å²) in [6.45, 7) is 1.99. The fraction of sp³-hybridized carbons (Fsp3) is 0.314. The third-order valence-corrected chi connectivity index (χ3v) is 10.5. The Morgan fingerprint density at radius 1 is 0.978 bits per heavy atom. The molecule has 3 aromatic carbocycles. The zero-order valence-corrected chi connectivity index (χ0v) is 25.8. The van der Waals surface area contributed by atoms with Crippen LogP contribution in [0.15, 0.2) is 78.4 Å². The summed E-state index contributed by atoms with van der Waals surface area (Å²) in [5.41, 5.74) is 3.19. The van der Waals surface area contributed by atoms with Crippen LogP contribution in [0.3, 0.4) is 0 Å². The summed E-state index contributed by atoms with van der Waals surface area (Å²) in [7, 11) is 1.49. The minimum absolute atomic E-state index is 0.111. The first-order valence-corrected chi connectivity index (χ1v) is 15.6. The summed E-state index contributed by atoms with van der Waals surface area (Å²) in [6, 6.07) is 16.7. The Hall–Kier alpha value is -4.70. The van der Waals surface area contributed by atoms with E-state index in [1.165, 1.54) is 42.3 Å². The highest BCUT2D eigenvalue weighted by atomic mass is 35.5. The second-order valence-corrected chi connectivity index (χ2v) is 12.7. The van der Waals surface area contributed by atoms with Gasteiger partial charge in [0.2, 0.25) is 11.8 Å². The quantitative estimate of drug-likeness (QED) is 0.280. The first-order chi connectivity index (χ1) is 22.1. The summed E-state index contributed by atoms with van der Waals surface area (Å²) in [4.78, 5) is 58.0. The van der Waals surface area contributed by atoms with Crippen LogP contribution in [0.4, 0.5) is 10.1 Å². The van der Waals surface area contributed by atoms with Gasteiger partial charge in [-0.25, -0.2) is 4.39 Å². The minimum Gasteiger partial charge on any atom is -0.508 e. The number of anilines is 1. The van der Waals surface area contributed by atoms with Gasteiger partial charge in [-0.1, -0.05) is 35.4 Å². The van der Waals surface area contributed by atoms with E-state index in [1.807, 2.05) is 6.08 Å². The molecule has 0 unspecified atom stereocenters. The molecule has 0 radical (unpaired) electrons. The number of imide groups is 2. The molecule has 1 saturated carbocycles. The molecule has 0 bridgehead atoms. The maximum atomic E-state index is 15.1. The topological polar surface area (TPSA) is 116 Å². The van der Waals surface area contributed by atoms with Crippen LogP contribution in [-0.2, 0) is 24.6 Å². The van der Waals surface area contributed by atoms with E-state index in [1.54, 1.807) is 43.3 Å². The van der Waals surface area contributed by atoms with Crippen molar-refractivity contribution in [1.82, 2.24) is 9.91 Å². The number of carbonyl (C=O) groups excluding carboxylic acids is 4. The highest BCUT2D eigenvalue weighted by Gasteiger charge is 2.70. The van der Waals surface area contributed by atoms with Crippen LogP contribution in [-0.4, -0.2) is 52.3 Å². The molecule has 2 N–H and O–H groups in total. The number of phenols is 1. The van der Waals surface area contributed by atoms with E-state index in [0.717, 1.165) is 5.01 Å². The molecule has 11 heteroatoms. The first-order valence-electron chi connectivity index (χ1n) is 15.2. The zero-order chi connectivity index (χ0) is 32.5. The number of halogens is 2. The molecule has 3 aromatic rings. The van der Waals surface area contributed by atoms with Crippen molar-refractivity contribution in [1.29, 1.82) is 0 Å². The molecular weight excluding hydrogens is 613 g/mol. The third kappa shape index (κ3) is 4.19. The number of hydrazine groups is 1. The average molecular weight is 644 g/mol. The molecule has 4 aliphatic rings.